The van der Waals surface area contributed by atoms with E-state index in [2.05, 4.69) is 0 Å². The summed E-state index contributed by atoms with van der Waals surface area (Å²) >= 11 is 6.13. The number of halogens is 1. The predicted octanol–water partition coefficient (Wildman–Crippen LogP) is 3.65. The van der Waals surface area contributed by atoms with E-state index in [1.165, 1.54) is 34.5 Å². The highest BCUT2D eigenvalue weighted by atomic mass is 35.5. The first kappa shape index (κ1) is 19.3. The minimum absolute atomic E-state index is 0.0174. The van der Waals surface area contributed by atoms with Crippen LogP contribution in [0.25, 0.3) is 0 Å². The van der Waals surface area contributed by atoms with Crippen LogP contribution >= 0.6 is 11.6 Å². The molecular formula is C18H21ClN2O3S. The molecule has 2 aromatic carbocycles. The van der Waals surface area contributed by atoms with Crippen LogP contribution in [0.1, 0.15) is 24.2 Å². The van der Waals surface area contributed by atoms with Crippen LogP contribution in [-0.2, 0) is 10.0 Å². The molecule has 0 aliphatic heterocycles. The summed E-state index contributed by atoms with van der Waals surface area (Å²) in [6.07, 6.45) is 0. The van der Waals surface area contributed by atoms with Crippen molar-refractivity contribution in [3.63, 3.8) is 0 Å². The van der Waals surface area contributed by atoms with Crippen LogP contribution in [-0.4, -0.2) is 39.4 Å². The highest BCUT2D eigenvalue weighted by Crippen LogP contribution is 2.26. The molecule has 2 aromatic rings. The minimum Gasteiger partial charge on any atom is -0.339 e. The van der Waals surface area contributed by atoms with Gasteiger partial charge in [-0.25, -0.2) is 8.42 Å². The van der Waals surface area contributed by atoms with Crippen molar-refractivity contribution in [3.8, 4) is 0 Å². The fourth-order valence-electron chi connectivity index (χ4n) is 2.19. The zero-order valence-corrected chi connectivity index (χ0v) is 16.2. The third-order valence-corrected chi connectivity index (χ3v) is 6.15. The van der Waals surface area contributed by atoms with Crippen molar-refractivity contribution in [2.75, 3.05) is 18.4 Å². The number of hydrogen-bond acceptors (Lipinski definition) is 3. The monoisotopic (exact) mass is 380 g/mol. The van der Waals surface area contributed by atoms with Crippen molar-refractivity contribution >= 4 is 33.2 Å². The van der Waals surface area contributed by atoms with Gasteiger partial charge in [-0.2, -0.15) is 0 Å². The van der Waals surface area contributed by atoms with Gasteiger partial charge in [0.05, 0.1) is 21.2 Å². The van der Waals surface area contributed by atoms with Crippen LogP contribution in [0.4, 0.5) is 5.69 Å². The number of rotatable bonds is 5. The molecule has 25 heavy (non-hydrogen) atoms. The number of para-hydroxylation sites is 1. The third kappa shape index (κ3) is 3.96. The van der Waals surface area contributed by atoms with Gasteiger partial charge in [-0.05, 0) is 44.2 Å². The third-order valence-electron chi connectivity index (χ3n) is 4.04. The average Bonchev–Trinajstić information content (AvgIpc) is 2.60. The molecule has 0 aliphatic rings. The summed E-state index contributed by atoms with van der Waals surface area (Å²) in [6.45, 7) is 3.74. The maximum absolute atomic E-state index is 12.9. The van der Waals surface area contributed by atoms with Crippen molar-refractivity contribution in [2.45, 2.75) is 24.8 Å². The predicted molar refractivity (Wildman–Crippen MR) is 101 cm³/mol. The zero-order valence-electron chi connectivity index (χ0n) is 14.6. The Morgan fingerprint density at radius 3 is 2.20 bits per heavy atom. The second-order valence-corrected chi connectivity index (χ2v) is 8.34. The number of nitrogens with zero attached hydrogens (tertiary/aromatic N) is 2. The van der Waals surface area contributed by atoms with Gasteiger partial charge in [-0.3, -0.25) is 9.10 Å². The molecule has 1 amide bonds. The molecule has 0 heterocycles. The van der Waals surface area contributed by atoms with Crippen LogP contribution in [0.3, 0.4) is 0 Å². The van der Waals surface area contributed by atoms with Crippen LogP contribution in [0.15, 0.2) is 53.4 Å². The van der Waals surface area contributed by atoms with E-state index >= 15 is 0 Å². The van der Waals surface area contributed by atoms with E-state index in [1.54, 1.807) is 31.3 Å². The Morgan fingerprint density at radius 1 is 1.04 bits per heavy atom. The highest BCUT2D eigenvalue weighted by Gasteiger charge is 2.25. The summed E-state index contributed by atoms with van der Waals surface area (Å²) in [6, 6.07) is 12.9. The van der Waals surface area contributed by atoms with Crippen molar-refractivity contribution in [3.05, 3.63) is 59.1 Å². The number of anilines is 1. The molecule has 0 radical (unpaired) electrons. The molecular weight excluding hydrogens is 360 g/mol. The molecule has 0 aliphatic carbocycles. The quantitative estimate of drug-likeness (QED) is 0.795. The van der Waals surface area contributed by atoms with Crippen molar-refractivity contribution in [2.24, 2.45) is 0 Å². The SMILES string of the molecule is CC(C)N(C)C(=O)c1cc(S(=O)(=O)N(C)c2ccccc2)ccc1Cl. The van der Waals surface area contributed by atoms with Crippen LogP contribution in [0.5, 0.6) is 0 Å². The Kier molecular flexibility index (Phi) is 5.75. The van der Waals surface area contributed by atoms with Gasteiger partial charge < -0.3 is 4.90 Å². The van der Waals surface area contributed by atoms with E-state index < -0.39 is 10.0 Å². The van der Waals surface area contributed by atoms with E-state index in [0.29, 0.717) is 5.69 Å². The van der Waals surface area contributed by atoms with Gasteiger partial charge >= 0.3 is 0 Å². The van der Waals surface area contributed by atoms with Gasteiger partial charge in [0.25, 0.3) is 15.9 Å². The maximum atomic E-state index is 12.9. The first-order valence-corrected chi connectivity index (χ1v) is 9.58. The average molecular weight is 381 g/mol. The maximum Gasteiger partial charge on any atom is 0.264 e. The number of sulfonamides is 1. The van der Waals surface area contributed by atoms with Gasteiger partial charge in [0.1, 0.15) is 0 Å². The summed E-state index contributed by atoms with van der Waals surface area (Å²) < 4.78 is 26.9. The number of amides is 1. The largest absolute Gasteiger partial charge is 0.339 e. The van der Waals surface area contributed by atoms with Crippen molar-refractivity contribution in [1.29, 1.82) is 0 Å². The van der Waals surface area contributed by atoms with Crippen molar-refractivity contribution < 1.29 is 13.2 Å². The molecule has 2 rings (SSSR count). The lowest BCUT2D eigenvalue weighted by atomic mass is 10.2. The van der Waals surface area contributed by atoms with Crippen molar-refractivity contribution in [1.82, 2.24) is 4.90 Å². The molecule has 0 spiro atoms. The minimum atomic E-state index is -3.81. The summed E-state index contributed by atoms with van der Waals surface area (Å²) in [7, 11) is -0.680. The van der Waals surface area contributed by atoms with E-state index in [4.69, 9.17) is 11.6 Å². The molecule has 0 aromatic heterocycles. The van der Waals surface area contributed by atoms with Crippen LogP contribution < -0.4 is 4.31 Å². The number of carbonyl (C=O) groups excluding carboxylic acids is 1. The molecule has 0 fully saturated rings. The second kappa shape index (κ2) is 7.45. The fourth-order valence-corrected chi connectivity index (χ4v) is 3.61. The Morgan fingerprint density at radius 2 is 1.64 bits per heavy atom. The molecule has 5 nitrogen and oxygen atoms in total. The molecule has 7 heteroatoms. The van der Waals surface area contributed by atoms with Crippen LogP contribution in [0, 0.1) is 0 Å². The number of carbonyl (C=O) groups is 1. The van der Waals surface area contributed by atoms with Gasteiger partial charge in [-0.15, -0.1) is 0 Å². The van der Waals surface area contributed by atoms with Gasteiger partial charge in [0.2, 0.25) is 0 Å². The van der Waals surface area contributed by atoms with Gasteiger partial charge in [0, 0.05) is 20.1 Å². The summed E-state index contributed by atoms with van der Waals surface area (Å²) in [4.78, 5) is 14.1. The molecule has 0 saturated heterocycles. The van der Waals surface area contributed by atoms with Gasteiger partial charge in [-0.1, -0.05) is 29.8 Å². The van der Waals surface area contributed by atoms with Gasteiger partial charge in [0.15, 0.2) is 0 Å². The highest BCUT2D eigenvalue weighted by molar-refractivity contribution is 7.92. The van der Waals surface area contributed by atoms with E-state index in [0.717, 1.165) is 0 Å². The Hall–Kier alpha value is -2.05. The molecule has 134 valence electrons. The lowest BCUT2D eigenvalue weighted by Gasteiger charge is -2.23. The lowest BCUT2D eigenvalue weighted by molar-refractivity contribution is 0.0755. The number of benzene rings is 2. The van der Waals surface area contributed by atoms with Crippen LogP contribution in [0.2, 0.25) is 5.02 Å². The summed E-state index contributed by atoms with van der Waals surface area (Å²) in [5.41, 5.74) is 0.699. The topological polar surface area (TPSA) is 57.7 Å². The van der Waals surface area contributed by atoms with E-state index in [9.17, 15) is 13.2 Å². The molecule has 0 atom stereocenters. The fraction of sp³-hybridized carbons (Fsp3) is 0.278. The normalized spacial score (nSPS) is 11.4. The molecule has 0 saturated carbocycles. The Balaban J connectivity index is 2.46. The molecule has 0 bridgehead atoms. The van der Waals surface area contributed by atoms with E-state index in [-0.39, 0.29) is 27.4 Å². The summed E-state index contributed by atoms with van der Waals surface area (Å²) in [5, 5.41) is 0.221. The first-order chi connectivity index (χ1) is 11.7. The van der Waals surface area contributed by atoms with E-state index in [1.807, 2.05) is 19.9 Å². The number of hydrogen-bond donors (Lipinski definition) is 0. The smallest absolute Gasteiger partial charge is 0.264 e. The molecule has 0 N–H and O–H groups in total. The molecule has 0 unspecified atom stereocenters. The first-order valence-electron chi connectivity index (χ1n) is 7.77. The Labute approximate surface area is 153 Å². The zero-order chi connectivity index (χ0) is 18.8. The lowest BCUT2D eigenvalue weighted by Crippen LogP contribution is -2.33. The summed E-state index contributed by atoms with van der Waals surface area (Å²) in [5.74, 6) is -0.320. The second-order valence-electron chi connectivity index (χ2n) is 5.96. The Bertz CT molecular complexity index is 867. The standard InChI is InChI=1S/C18H21ClN2O3S/c1-13(2)20(3)18(22)16-12-15(10-11-17(16)19)25(23,24)21(4)14-8-6-5-7-9-14/h5-13H,1-4H3.